The van der Waals surface area contributed by atoms with Crippen LogP contribution in [0, 0.1) is 0 Å². The number of rotatable bonds is 7. The normalized spacial score (nSPS) is 15.1. The molecule has 7 aromatic rings. The number of aryl methyl sites for hydroxylation is 2. The molecule has 0 aliphatic carbocycles. The second kappa shape index (κ2) is 10.9. The van der Waals surface area contributed by atoms with Crippen LogP contribution in [0.25, 0.3) is 60.8 Å². The number of aromatic nitrogens is 3. The molecular weight excluding hydrogens is 669 g/mol. The van der Waals surface area contributed by atoms with E-state index in [2.05, 4.69) is 0 Å². The van der Waals surface area contributed by atoms with Crippen molar-refractivity contribution in [2.45, 2.75) is 19.2 Å². The zero-order chi connectivity index (χ0) is 34.4. The summed E-state index contributed by atoms with van der Waals surface area (Å²) >= 11 is 0. The Morgan fingerprint density at radius 2 is 1.41 bits per heavy atom. The van der Waals surface area contributed by atoms with E-state index in [1.165, 1.54) is 9.47 Å². The topological polar surface area (TPSA) is 148 Å². The summed E-state index contributed by atoms with van der Waals surface area (Å²) in [5.41, 5.74) is 5.70. The van der Waals surface area contributed by atoms with Crippen molar-refractivity contribution in [3.8, 4) is 5.75 Å². The molecule has 4 heterocycles. The monoisotopic (exact) mass is 699 g/mol. The molecule has 0 saturated carbocycles. The quantitative estimate of drug-likeness (QED) is 0.146. The lowest BCUT2D eigenvalue weighted by molar-refractivity contribution is -0.658. The molecule has 1 aliphatic rings. The summed E-state index contributed by atoms with van der Waals surface area (Å²) in [5, 5.41) is 3.74. The highest BCUT2D eigenvalue weighted by Gasteiger charge is 2.32. The smallest absolute Gasteiger partial charge is 0.375 e. The van der Waals surface area contributed by atoms with E-state index < -0.39 is 32.0 Å². The summed E-state index contributed by atoms with van der Waals surface area (Å²) in [7, 11) is -5.10. The largest absolute Gasteiger partial charge is 0.439 e. The molecule has 0 bridgehead atoms. The Morgan fingerprint density at radius 3 is 2.02 bits per heavy atom. The Balaban J connectivity index is 1.28. The van der Waals surface area contributed by atoms with Gasteiger partial charge in [0, 0.05) is 70.9 Å². The van der Waals surface area contributed by atoms with E-state index in [0.717, 1.165) is 43.6 Å². The maximum absolute atomic E-state index is 12.2. The number of fused-ring (bicyclic) bond motifs is 8. The lowest BCUT2D eigenvalue weighted by Crippen LogP contribution is -2.39. The summed E-state index contributed by atoms with van der Waals surface area (Å²) in [5.74, 6) is -0.807. The number of anilines is 1. The molecule has 0 atom stereocenters. The number of oxazole rings is 1. The minimum Gasteiger partial charge on any atom is -0.439 e. The van der Waals surface area contributed by atoms with Crippen LogP contribution >= 0.6 is 0 Å². The highest BCUT2D eigenvalue weighted by molar-refractivity contribution is 7.85. The average Bonchev–Trinajstić information content (AvgIpc) is 3.73. The SMILES string of the molecule is CCC(=Cc1oc2cc3c(cc2[n+]1CS(=O)(=O)O)c1ccccc1n3C)C=C1Oc2cc3c(cc2N1CS(=O)(=O)O)c1ccccc1n3C. The average molecular weight is 700 g/mol. The van der Waals surface area contributed by atoms with Crippen LogP contribution in [-0.4, -0.2) is 41.0 Å². The second-order valence-corrected chi connectivity index (χ2v) is 15.0. The molecule has 0 fully saturated rings. The van der Waals surface area contributed by atoms with E-state index >= 15 is 0 Å². The molecule has 3 aromatic heterocycles. The number of hydrogen-bond donors (Lipinski definition) is 2. The van der Waals surface area contributed by atoms with E-state index in [9.17, 15) is 25.9 Å². The Bertz CT molecular complexity index is 2820. The molecule has 1 aliphatic heterocycles. The van der Waals surface area contributed by atoms with Crippen molar-refractivity contribution < 1.29 is 39.7 Å². The number of para-hydroxylation sites is 2. The summed E-state index contributed by atoms with van der Waals surface area (Å²) in [6, 6.07) is 23.1. The van der Waals surface area contributed by atoms with Gasteiger partial charge < -0.3 is 18.3 Å². The fourth-order valence-corrected chi connectivity index (χ4v) is 8.06. The van der Waals surface area contributed by atoms with Crippen molar-refractivity contribution in [1.29, 1.82) is 0 Å². The van der Waals surface area contributed by atoms with Gasteiger partial charge in [-0.1, -0.05) is 43.3 Å². The van der Waals surface area contributed by atoms with Crippen LogP contribution in [0.3, 0.4) is 0 Å². The Hall–Kier alpha value is -5.15. The molecule has 0 radical (unpaired) electrons. The lowest BCUT2D eigenvalue weighted by atomic mass is 10.1. The number of ether oxygens (including phenoxy) is 1. The Labute approximate surface area is 280 Å². The second-order valence-electron chi connectivity index (χ2n) is 12.2. The zero-order valence-electron chi connectivity index (χ0n) is 26.7. The lowest BCUT2D eigenvalue weighted by Gasteiger charge is -2.16. The molecule has 250 valence electrons. The highest BCUT2D eigenvalue weighted by Crippen LogP contribution is 2.44. The standard InChI is InChI=1S/C35H30N4O8S2/c1-4-21(13-34-38(19-48(40,41)42)30-15-24-22-9-5-7-11-26(22)36(2)28(24)17-32(30)46-34)14-35-39(20-49(43,44)45)31-16-25-23-10-6-8-12-27(23)37(3)29(25)18-33(31)47-35/h5-18H,4,19-20H2,1-3H3,(H-,40,41,42,43,44,45)/p+1. The van der Waals surface area contributed by atoms with Crippen LogP contribution in [0.4, 0.5) is 5.69 Å². The highest BCUT2D eigenvalue weighted by atomic mass is 32.2. The molecule has 8 rings (SSSR count). The van der Waals surface area contributed by atoms with Gasteiger partial charge in [0.2, 0.25) is 11.5 Å². The third-order valence-corrected chi connectivity index (χ3v) is 10.3. The minimum absolute atomic E-state index is 0.148. The van der Waals surface area contributed by atoms with Crippen LogP contribution in [-0.2, 0) is 40.2 Å². The zero-order valence-corrected chi connectivity index (χ0v) is 28.3. The van der Waals surface area contributed by atoms with E-state index in [1.54, 1.807) is 12.2 Å². The predicted octanol–water partition coefficient (Wildman–Crippen LogP) is 6.23. The molecule has 0 amide bonds. The van der Waals surface area contributed by atoms with Gasteiger partial charge in [-0.15, -0.1) is 4.57 Å². The van der Waals surface area contributed by atoms with Crippen molar-refractivity contribution in [1.82, 2.24) is 9.13 Å². The minimum atomic E-state index is -4.49. The van der Waals surface area contributed by atoms with E-state index in [0.29, 0.717) is 34.5 Å². The number of hydrogen-bond acceptors (Lipinski definition) is 7. The number of allylic oxidation sites excluding steroid dienone is 2. The van der Waals surface area contributed by atoms with E-state index in [4.69, 9.17) is 9.15 Å². The molecule has 12 nitrogen and oxygen atoms in total. The molecule has 4 aromatic carbocycles. The Morgan fingerprint density at radius 1 is 0.796 bits per heavy atom. The van der Waals surface area contributed by atoms with Gasteiger partial charge in [0.05, 0.1) is 22.8 Å². The molecule has 0 saturated heterocycles. The van der Waals surface area contributed by atoms with E-state index in [1.807, 2.05) is 103 Å². The summed E-state index contributed by atoms with van der Waals surface area (Å²) in [6.45, 7) is 1.87. The maximum Gasteiger partial charge on any atom is 0.375 e. The predicted molar refractivity (Wildman–Crippen MR) is 188 cm³/mol. The molecular formula is C35H31N4O8S2+. The van der Waals surface area contributed by atoms with Crippen LogP contribution in [0.15, 0.2) is 94.7 Å². The van der Waals surface area contributed by atoms with Crippen LogP contribution in [0.5, 0.6) is 5.75 Å². The summed E-state index contributed by atoms with van der Waals surface area (Å²) < 4.78 is 86.8. The van der Waals surface area contributed by atoms with Gasteiger partial charge >= 0.3 is 16.0 Å². The first kappa shape index (κ1) is 31.1. The van der Waals surface area contributed by atoms with Gasteiger partial charge in [-0.25, -0.2) is 0 Å². The van der Waals surface area contributed by atoms with Gasteiger partial charge in [-0.2, -0.15) is 16.8 Å². The van der Waals surface area contributed by atoms with Crippen LogP contribution in [0.2, 0.25) is 0 Å². The van der Waals surface area contributed by atoms with Crippen molar-refractivity contribution in [3.63, 3.8) is 0 Å². The molecule has 0 unspecified atom stereocenters. The van der Waals surface area contributed by atoms with Crippen molar-refractivity contribution >= 4 is 86.7 Å². The first-order chi connectivity index (χ1) is 23.3. The first-order valence-corrected chi connectivity index (χ1v) is 18.6. The maximum atomic E-state index is 12.2. The number of nitrogens with zero attached hydrogens (tertiary/aromatic N) is 4. The molecule has 0 spiro atoms. The fraction of sp³-hybridized carbons (Fsp3) is 0.171. The van der Waals surface area contributed by atoms with Crippen molar-refractivity contribution in [2.24, 2.45) is 14.1 Å². The third-order valence-electron chi connectivity index (χ3n) is 9.14. The fourth-order valence-electron chi connectivity index (χ4n) is 6.88. The van der Waals surface area contributed by atoms with Crippen LogP contribution < -0.4 is 14.2 Å². The van der Waals surface area contributed by atoms with Crippen molar-refractivity contribution in [2.75, 3.05) is 10.8 Å². The van der Waals surface area contributed by atoms with Gasteiger partial charge in [0.25, 0.3) is 21.5 Å². The van der Waals surface area contributed by atoms with Gasteiger partial charge in [0.15, 0.2) is 11.6 Å². The Kier molecular flexibility index (Phi) is 6.95. The van der Waals surface area contributed by atoms with Gasteiger partial charge in [-0.3, -0.25) is 14.0 Å². The summed E-state index contributed by atoms with van der Waals surface area (Å²) in [4.78, 5) is 1.39. The van der Waals surface area contributed by atoms with Gasteiger partial charge in [0.1, 0.15) is 0 Å². The first-order valence-electron chi connectivity index (χ1n) is 15.4. The van der Waals surface area contributed by atoms with E-state index in [-0.39, 0.29) is 11.8 Å². The number of benzene rings is 4. The molecule has 2 N–H and O–H groups in total. The third kappa shape index (κ3) is 5.24. The van der Waals surface area contributed by atoms with Crippen molar-refractivity contribution in [3.05, 3.63) is 96.2 Å². The molecule has 14 heteroatoms. The van der Waals surface area contributed by atoms with Gasteiger partial charge in [-0.05, 0) is 30.2 Å². The molecule has 49 heavy (non-hydrogen) atoms. The van der Waals surface area contributed by atoms with Crippen LogP contribution in [0.1, 0.15) is 19.2 Å². The summed E-state index contributed by atoms with van der Waals surface area (Å²) in [6.07, 6.45) is 3.66.